The zero-order chi connectivity index (χ0) is 17.4. The van der Waals surface area contributed by atoms with Gasteiger partial charge in [0, 0.05) is 5.92 Å². The van der Waals surface area contributed by atoms with Crippen LogP contribution in [0.4, 0.5) is 0 Å². The fourth-order valence-corrected chi connectivity index (χ4v) is 4.01. The summed E-state index contributed by atoms with van der Waals surface area (Å²) in [7, 11) is 0. The van der Waals surface area contributed by atoms with Gasteiger partial charge in [-0.3, -0.25) is 0 Å². The molecule has 4 rings (SSSR count). The summed E-state index contributed by atoms with van der Waals surface area (Å²) >= 11 is 0. The first-order valence-electron chi connectivity index (χ1n) is 9.48. The molecule has 2 aromatic rings. The lowest BCUT2D eigenvalue weighted by Crippen LogP contribution is -2.01. The smallest absolute Gasteiger partial charge is 0.00502 e. The van der Waals surface area contributed by atoms with Crippen molar-refractivity contribution in [2.45, 2.75) is 39.5 Å². The van der Waals surface area contributed by atoms with Gasteiger partial charge in [0.1, 0.15) is 0 Å². The molecule has 0 saturated heterocycles. The van der Waals surface area contributed by atoms with Crippen LogP contribution < -0.4 is 0 Å². The van der Waals surface area contributed by atoms with Crippen LogP contribution in [0.5, 0.6) is 0 Å². The van der Waals surface area contributed by atoms with Gasteiger partial charge in [-0.2, -0.15) is 0 Å². The van der Waals surface area contributed by atoms with Gasteiger partial charge in [0.15, 0.2) is 0 Å². The maximum Gasteiger partial charge on any atom is 0.00502 e. The molecule has 0 amide bonds. The Morgan fingerprint density at radius 3 is 2.72 bits per heavy atom. The normalized spacial score (nSPS) is 18.5. The van der Waals surface area contributed by atoms with Crippen LogP contribution in [0.25, 0.3) is 17.2 Å². The summed E-state index contributed by atoms with van der Waals surface area (Å²) in [5.41, 5.74) is 9.79. The van der Waals surface area contributed by atoms with Crippen LogP contribution in [0.2, 0.25) is 0 Å². The predicted molar refractivity (Wildman–Crippen MR) is 109 cm³/mol. The third-order valence-electron chi connectivity index (χ3n) is 5.56. The highest BCUT2D eigenvalue weighted by Gasteiger charge is 2.21. The van der Waals surface area contributed by atoms with Crippen molar-refractivity contribution in [1.82, 2.24) is 0 Å². The first-order valence-corrected chi connectivity index (χ1v) is 9.48. The van der Waals surface area contributed by atoms with Crippen molar-refractivity contribution < 1.29 is 0 Å². The Balaban J connectivity index is 1.61. The van der Waals surface area contributed by atoms with E-state index < -0.39 is 0 Å². The van der Waals surface area contributed by atoms with E-state index in [9.17, 15) is 0 Å². The molecule has 2 aliphatic rings. The Labute approximate surface area is 151 Å². The Bertz CT molecular complexity index is 890. The summed E-state index contributed by atoms with van der Waals surface area (Å²) in [6.45, 7) is 6.82. The highest BCUT2D eigenvalue weighted by Crippen LogP contribution is 2.38. The monoisotopic (exact) mass is 326 g/mol. The lowest BCUT2D eigenvalue weighted by atomic mass is 9.89. The van der Waals surface area contributed by atoms with Gasteiger partial charge in [0.05, 0.1) is 0 Å². The second kappa shape index (κ2) is 6.52. The first-order chi connectivity index (χ1) is 12.2. The van der Waals surface area contributed by atoms with Gasteiger partial charge in [-0.15, -0.1) is 0 Å². The van der Waals surface area contributed by atoms with E-state index >= 15 is 0 Å². The molecule has 2 aliphatic carbocycles. The van der Waals surface area contributed by atoms with Crippen molar-refractivity contribution in [1.29, 1.82) is 0 Å². The fourth-order valence-electron chi connectivity index (χ4n) is 4.01. The number of allylic oxidation sites excluding steroid dienone is 5. The molecule has 0 nitrogen and oxygen atoms in total. The van der Waals surface area contributed by atoms with E-state index in [0.717, 1.165) is 12.8 Å². The number of aryl methyl sites for hydroxylation is 1. The molecule has 0 aliphatic heterocycles. The Morgan fingerprint density at radius 1 is 1.04 bits per heavy atom. The van der Waals surface area contributed by atoms with Crippen molar-refractivity contribution in [2.75, 3.05) is 0 Å². The highest BCUT2D eigenvalue weighted by molar-refractivity contribution is 5.90. The van der Waals surface area contributed by atoms with Crippen LogP contribution in [-0.4, -0.2) is 0 Å². The first kappa shape index (κ1) is 16.1. The Kier molecular flexibility index (Phi) is 4.21. The number of hydrogen-bond donors (Lipinski definition) is 0. The number of fused-ring (bicyclic) bond motifs is 1. The third kappa shape index (κ3) is 3.02. The maximum absolute atomic E-state index is 2.37. The standard InChI is InChI=1S/C25H26/c1-4-18-6-5-7-19(14-18)20-8-9-21(15-20)22-10-13-25-23(16-22)11-12-24(25)17(2)3/h5-7,9-17,24H,4,8H2,1-3H3. The van der Waals surface area contributed by atoms with Gasteiger partial charge in [-0.1, -0.05) is 81.5 Å². The van der Waals surface area contributed by atoms with E-state index in [2.05, 4.69) is 87.5 Å². The quantitative estimate of drug-likeness (QED) is 0.574. The minimum atomic E-state index is 0.574. The molecule has 126 valence electrons. The van der Waals surface area contributed by atoms with E-state index in [1.165, 1.54) is 39.0 Å². The topological polar surface area (TPSA) is 0 Å². The second-order valence-electron chi connectivity index (χ2n) is 7.56. The summed E-state index contributed by atoms with van der Waals surface area (Å²) in [6.07, 6.45) is 11.5. The predicted octanol–water partition coefficient (Wildman–Crippen LogP) is 6.89. The van der Waals surface area contributed by atoms with Crippen molar-refractivity contribution in [3.05, 3.63) is 88.5 Å². The lowest BCUT2D eigenvalue weighted by molar-refractivity contribution is 0.584. The SMILES string of the molecule is CCc1cccc(C2=CC(c3ccc4c(c3)C=CC4C(C)C)=CC2)c1. The molecule has 0 heterocycles. The second-order valence-corrected chi connectivity index (χ2v) is 7.56. The van der Waals surface area contributed by atoms with Gasteiger partial charge in [0.2, 0.25) is 0 Å². The zero-order valence-corrected chi connectivity index (χ0v) is 15.4. The number of hydrogen-bond acceptors (Lipinski definition) is 0. The molecule has 0 saturated carbocycles. The van der Waals surface area contributed by atoms with Crippen LogP contribution >= 0.6 is 0 Å². The number of rotatable bonds is 4. The van der Waals surface area contributed by atoms with E-state index in [4.69, 9.17) is 0 Å². The van der Waals surface area contributed by atoms with Gasteiger partial charge in [-0.25, -0.2) is 0 Å². The number of benzene rings is 2. The molecule has 2 aromatic carbocycles. The molecule has 0 spiro atoms. The van der Waals surface area contributed by atoms with Gasteiger partial charge in [-0.05, 0) is 63.8 Å². The molecule has 0 aromatic heterocycles. The molecule has 1 unspecified atom stereocenters. The molecular formula is C25H26. The van der Waals surface area contributed by atoms with Crippen LogP contribution in [0.1, 0.15) is 60.9 Å². The molecule has 0 heteroatoms. The van der Waals surface area contributed by atoms with Crippen molar-refractivity contribution in [3.8, 4) is 0 Å². The highest BCUT2D eigenvalue weighted by atomic mass is 14.3. The largest absolute Gasteiger partial charge is 0.0761 e. The minimum absolute atomic E-state index is 0.574. The van der Waals surface area contributed by atoms with Crippen LogP contribution in [0, 0.1) is 5.92 Å². The molecule has 0 bridgehead atoms. The van der Waals surface area contributed by atoms with Crippen molar-refractivity contribution in [2.24, 2.45) is 5.92 Å². The van der Waals surface area contributed by atoms with Gasteiger partial charge < -0.3 is 0 Å². The van der Waals surface area contributed by atoms with Crippen molar-refractivity contribution >= 4 is 17.2 Å². The summed E-state index contributed by atoms with van der Waals surface area (Å²) < 4.78 is 0. The summed E-state index contributed by atoms with van der Waals surface area (Å²) in [5, 5.41) is 0. The summed E-state index contributed by atoms with van der Waals surface area (Å²) in [4.78, 5) is 0. The zero-order valence-electron chi connectivity index (χ0n) is 15.4. The summed E-state index contributed by atoms with van der Waals surface area (Å²) in [6, 6.07) is 16.0. The Morgan fingerprint density at radius 2 is 1.92 bits per heavy atom. The van der Waals surface area contributed by atoms with E-state index in [-0.39, 0.29) is 0 Å². The molecule has 0 radical (unpaired) electrons. The lowest BCUT2D eigenvalue weighted by Gasteiger charge is -2.15. The van der Waals surface area contributed by atoms with Crippen LogP contribution in [0.15, 0.2) is 60.7 Å². The minimum Gasteiger partial charge on any atom is -0.0761 e. The van der Waals surface area contributed by atoms with E-state index in [1.54, 1.807) is 0 Å². The summed E-state index contributed by atoms with van der Waals surface area (Å²) in [5.74, 6) is 1.23. The average molecular weight is 326 g/mol. The molecule has 0 fully saturated rings. The van der Waals surface area contributed by atoms with Crippen LogP contribution in [-0.2, 0) is 6.42 Å². The fraction of sp³-hybridized carbons (Fsp3) is 0.280. The molecule has 0 N–H and O–H groups in total. The molecular weight excluding hydrogens is 300 g/mol. The van der Waals surface area contributed by atoms with Gasteiger partial charge >= 0.3 is 0 Å². The third-order valence-corrected chi connectivity index (χ3v) is 5.56. The van der Waals surface area contributed by atoms with E-state index in [0.29, 0.717) is 11.8 Å². The molecule has 1 atom stereocenters. The Hall–Kier alpha value is -2.34. The molecule has 25 heavy (non-hydrogen) atoms. The average Bonchev–Trinajstić information content (AvgIpc) is 3.28. The van der Waals surface area contributed by atoms with Gasteiger partial charge in [0.25, 0.3) is 0 Å². The van der Waals surface area contributed by atoms with Crippen LogP contribution in [0.3, 0.4) is 0 Å². The van der Waals surface area contributed by atoms with E-state index in [1.807, 2.05) is 0 Å². The maximum atomic E-state index is 2.37. The van der Waals surface area contributed by atoms with Crippen molar-refractivity contribution in [3.63, 3.8) is 0 Å².